The maximum atomic E-state index is 13.4. The molecule has 150 valence electrons. The number of ether oxygens (including phenoxy) is 1. The van der Waals surface area contributed by atoms with Crippen LogP contribution >= 0.6 is 11.3 Å². The first kappa shape index (κ1) is 19.6. The molecular formula is C23H25N3O2S. The van der Waals surface area contributed by atoms with Gasteiger partial charge >= 0.3 is 0 Å². The molecule has 3 heterocycles. The lowest BCUT2D eigenvalue weighted by Crippen LogP contribution is -2.47. The Hall–Kier alpha value is -2.70. The maximum absolute atomic E-state index is 13.4. The van der Waals surface area contributed by atoms with Crippen LogP contribution in [0.2, 0.25) is 0 Å². The normalized spacial score (nSPS) is 15.2. The number of carbonyl (C=O) groups is 1. The fourth-order valence-electron chi connectivity index (χ4n) is 3.86. The topological polar surface area (TPSA) is 45.7 Å². The van der Waals surface area contributed by atoms with Crippen LogP contribution in [0.15, 0.2) is 66.3 Å². The summed E-state index contributed by atoms with van der Waals surface area (Å²) < 4.78 is 5.40. The Morgan fingerprint density at radius 1 is 1.17 bits per heavy atom. The zero-order valence-electron chi connectivity index (χ0n) is 16.5. The van der Waals surface area contributed by atoms with Crippen molar-refractivity contribution in [2.75, 3.05) is 25.1 Å². The molecule has 1 saturated heterocycles. The fourth-order valence-corrected chi connectivity index (χ4v) is 4.52. The number of thiophene rings is 1. The molecule has 0 spiro atoms. The van der Waals surface area contributed by atoms with Crippen LogP contribution in [0.25, 0.3) is 0 Å². The quantitative estimate of drug-likeness (QED) is 0.605. The summed E-state index contributed by atoms with van der Waals surface area (Å²) in [4.78, 5) is 22.6. The van der Waals surface area contributed by atoms with E-state index in [0.717, 1.165) is 48.8 Å². The van der Waals surface area contributed by atoms with Crippen LogP contribution in [0.1, 0.15) is 28.1 Å². The van der Waals surface area contributed by atoms with Crippen LogP contribution < -0.4 is 9.64 Å². The summed E-state index contributed by atoms with van der Waals surface area (Å²) in [6, 6.07) is 15.9. The minimum absolute atomic E-state index is 0.0702. The first-order chi connectivity index (χ1) is 14.2. The number of methoxy groups -OCH3 is 1. The number of amides is 1. The number of pyridine rings is 1. The zero-order valence-corrected chi connectivity index (χ0v) is 17.3. The van der Waals surface area contributed by atoms with Gasteiger partial charge in [0.1, 0.15) is 5.75 Å². The minimum atomic E-state index is 0.0702. The first-order valence-electron chi connectivity index (χ1n) is 9.87. The van der Waals surface area contributed by atoms with Gasteiger partial charge in [-0.3, -0.25) is 14.7 Å². The summed E-state index contributed by atoms with van der Waals surface area (Å²) in [5.41, 5.74) is 2.17. The summed E-state index contributed by atoms with van der Waals surface area (Å²) in [5, 5.41) is 1.95. The highest BCUT2D eigenvalue weighted by atomic mass is 32.1. The second kappa shape index (κ2) is 9.20. The number of nitrogens with zero attached hydrogens (tertiary/aromatic N) is 3. The molecule has 1 aliphatic heterocycles. The number of benzene rings is 1. The molecule has 4 rings (SSSR count). The van der Waals surface area contributed by atoms with Crippen molar-refractivity contribution in [2.45, 2.75) is 25.4 Å². The SMILES string of the molecule is COc1cccc(N(C(=O)c2cccs2)C2CCN(Cc3ccncc3)CC2)c1. The average molecular weight is 408 g/mol. The number of anilines is 1. The van der Waals surface area contributed by atoms with Crippen molar-refractivity contribution in [1.82, 2.24) is 9.88 Å². The van der Waals surface area contributed by atoms with Crippen LogP contribution in [0.3, 0.4) is 0 Å². The van der Waals surface area contributed by atoms with E-state index in [-0.39, 0.29) is 11.9 Å². The Bertz CT molecular complexity index is 922. The van der Waals surface area contributed by atoms with Crippen molar-refractivity contribution in [3.8, 4) is 5.75 Å². The van der Waals surface area contributed by atoms with E-state index >= 15 is 0 Å². The van der Waals surface area contributed by atoms with Gasteiger partial charge in [0.2, 0.25) is 0 Å². The van der Waals surface area contributed by atoms with Gasteiger partial charge in [0.25, 0.3) is 5.91 Å². The summed E-state index contributed by atoms with van der Waals surface area (Å²) >= 11 is 1.49. The second-order valence-electron chi connectivity index (χ2n) is 7.22. The number of hydrogen-bond acceptors (Lipinski definition) is 5. The molecule has 6 heteroatoms. The van der Waals surface area contributed by atoms with Gasteiger partial charge < -0.3 is 9.64 Å². The average Bonchev–Trinajstić information content (AvgIpc) is 3.31. The Morgan fingerprint density at radius 2 is 1.97 bits per heavy atom. The van der Waals surface area contributed by atoms with Gasteiger partial charge in [-0.05, 0) is 54.1 Å². The third-order valence-electron chi connectivity index (χ3n) is 5.36. The Morgan fingerprint density at radius 3 is 2.66 bits per heavy atom. The highest BCUT2D eigenvalue weighted by Gasteiger charge is 2.30. The molecule has 0 saturated carbocycles. The van der Waals surface area contributed by atoms with Crippen LogP contribution in [-0.2, 0) is 6.54 Å². The lowest BCUT2D eigenvalue weighted by Gasteiger charge is -2.38. The van der Waals surface area contributed by atoms with E-state index in [4.69, 9.17) is 4.74 Å². The molecule has 0 atom stereocenters. The molecule has 1 amide bonds. The van der Waals surface area contributed by atoms with E-state index in [1.807, 2.05) is 59.1 Å². The van der Waals surface area contributed by atoms with Crippen LogP contribution in [0.5, 0.6) is 5.75 Å². The Balaban J connectivity index is 1.52. The number of aromatic nitrogens is 1. The van der Waals surface area contributed by atoms with Gasteiger partial charge in [-0.2, -0.15) is 0 Å². The highest BCUT2D eigenvalue weighted by molar-refractivity contribution is 7.12. The van der Waals surface area contributed by atoms with Gasteiger partial charge in [-0.25, -0.2) is 0 Å². The lowest BCUT2D eigenvalue weighted by atomic mass is 10.0. The Labute approximate surface area is 175 Å². The molecule has 1 aromatic carbocycles. The Kier molecular flexibility index (Phi) is 6.22. The van der Waals surface area contributed by atoms with Gasteiger partial charge in [0.15, 0.2) is 0 Å². The molecule has 1 aliphatic rings. The molecular weight excluding hydrogens is 382 g/mol. The molecule has 1 fully saturated rings. The van der Waals surface area contributed by atoms with Gasteiger partial charge in [-0.15, -0.1) is 11.3 Å². The van der Waals surface area contributed by atoms with Crippen LogP contribution in [-0.4, -0.2) is 42.0 Å². The van der Waals surface area contributed by atoms with Crippen molar-refractivity contribution in [3.05, 3.63) is 76.7 Å². The number of rotatable bonds is 6. The van der Waals surface area contributed by atoms with E-state index in [0.29, 0.717) is 0 Å². The van der Waals surface area contributed by atoms with Gasteiger partial charge in [0.05, 0.1) is 12.0 Å². The van der Waals surface area contributed by atoms with E-state index in [2.05, 4.69) is 22.0 Å². The van der Waals surface area contributed by atoms with E-state index < -0.39 is 0 Å². The summed E-state index contributed by atoms with van der Waals surface area (Å²) in [6.45, 7) is 2.85. The largest absolute Gasteiger partial charge is 0.497 e. The summed E-state index contributed by atoms with van der Waals surface area (Å²) in [6.07, 6.45) is 5.57. The molecule has 5 nitrogen and oxygen atoms in total. The smallest absolute Gasteiger partial charge is 0.268 e. The molecule has 3 aromatic rings. The number of likely N-dealkylation sites (tertiary alicyclic amines) is 1. The van der Waals surface area contributed by atoms with Crippen LogP contribution in [0.4, 0.5) is 5.69 Å². The maximum Gasteiger partial charge on any atom is 0.268 e. The van der Waals surface area contributed by atoms with Crippen molar-refractivity contribution in [1.29, 1.82) is 0 Å². The highest BCUT2D eigenvalue weighted by Crippen LogP contribution is 2.30. The number of piperidine rings is 1. The van der Waals surface area contributed by atoms with Crippen molar-refractivity contribution in [3.63, 3.8) is 0 Å². The zero-order chi connectivity index (χ0) is 20.1. The molecule has 0 unspecified atom stereocenters. The fraction of sp³-hybridized carbons (Fsp3) is 0.304. The lowest BCUT2D eigenvalue weighted by molar-refractivity contribution is 0.0962. The van der Waals surface area contributed by atoms with Crippen molar-refractivity contribution in [2.24, 2.45) is 0 Å². The molecule has 0 bridgehead atoms. The standard InChI is InChI=1S/C23H25N3O2S/c1-28-21-5-2-4-20(16-21)26(23(27)22-6-3-15-29-22)19-9-13-25(14-10-19)17-18-7-11-24-12-8-18/h2-8,11-12,15-16,19H,9-10,13-14,17H2,1H3. The minimum Gasteiger partial charge on any atom is -0.497 e. The number of hydrogen-bond donors (Lipinski definition) is 0. The predicted octanol–water partition coefficient (Wildman–Crippen LogP) is 4.46. The molecule has 2 aromatic heterocycles. The monoisotopic (exact) mass is 407 g/mol. The van der Waals surface area contributed by atoms with E-state index in [1.165, 1.54) is 16.9 Å². The van der Waals surface area contributed by atoms with Crippen molar-refractivity contribution >= 4 is 22.9 Å². The second-order valence-corrected chi connectivity index (χ2v) is 8.16. The molecule has 29 heavy (non-hydrogen) atoms. The molecule has 0 aliphatic carbocycles. The van der Waals surface area contributed by atoms with E-state index in [9.17, 15) is 4.79 Å². The third-order valence-corrected chi connectivity index (χ3v) is 6.22. The summed E-state index contributed by atoms with van der Waals surface area (Å²) in [5.74, 6) is 0.836. The number of carbonyl (C=O) groups excluding carboxylic acids is 1. The van der Waals surface area contributed by atoms with E-state index in [1.54, 1.807) is 7.11 Å². The molecule has 0 radical (unpaired) electrons. The van der Waals surface area contributed by atoms with Gasteiger partial charge in [-0.1, -0.05) is 12.1 Å². The van der Waals surface area contributed by atoms with Crippen LogP contribution in [0, 0.1) is 0 Å². The van der Waals surface area contributed by atoms with Gasteiger partial charge in [0, 0.05) is 49.8 Å². The predicted molar refractivity (Wildman–Crippen MR) is 117 cm³/mol. The summed E-state index contributed by atoms with van der Waals surface area (Å²) in [7, 11) is 1.65. The first-order valence-corrected chi connectivity index (χ1v) is 10.7. The third kappa shape index (κ3) is 4.66. The van der Waals surface area contributed by atoms with Crippen molar-refractivity contribution < 1.29 is 9.53 Å². The molecule has 0 N–H and O–H groups in total.